The van der Waals surface area contributed by atoms with E-state index in [0.29, 0.717) is 11.4 Å². The second-order valence-electron chi connectivity index (χ2n) is 5.65. The summed E-state index contributed by atoms with van der Waals surface area (Å²) in [6, 6.07) is 9.80. The minimum atomic E-state index is -1.03. The lowest BCUT2D eigenvalue weighted by Crippen LogP contribution is -2.37. The zero-order chi connectivity index (χ0) is 16.8. The third kappa shape index (κ3) is 2.42. The predicted molar refractivity (Wildman–Crippen MR) is 90.3 cm³/mol. The van der Waals surface area contributed by atoms with Crippen LogP contribution < -0.4 is 0 Å². The van der Waals surface area contributed by atoms with Crippen LogP contribution in [-0.4, -0.2) is 33.6 Å². The topological polar surface area (TPSA) is 70.1 Å². The zero-order valence-corrected chi connectivity index (χ0v) is 14.8. The molecule has 0 unspecified atom stereocenters. The van der Waals surface area contributed by atoms with Gasteiger partial charge in [-0.3, -0.25) is 4.84 Å². The van der Waals surface area contributed by atoms with E-state index in [2.05, 4.69) is 15.9 Å². The molecule has 1 fully saturated rings. The summed E-state index contributed by atoms with van der Waals surface area (Å²) in [6.45, 7) is 0.579. The normalized spacial score (nSPS) is 22.0. The van der Waals surface area contributed by atoms with Crippen molar-refractivity contribution in [2.45, 2.75) is 18.7 Å². The number of amides is 2. The fourth-order valence-corrected chi connectivity index (χ4v) is 4.97. The Kier molecular flexibility index (Phi) is 3.82. The van der Waals surface area contributed by atoms with Crippen LogP contribution in [0.4, 0.5) is 4.79 Å². The van der Waals surface area contributed by atoms with Gasteiger partial charge in [0.25, 0.3) is 0 Å². The summed E-state index contributed by atoms with van der Waals surface area (Å²) in [6.07, 6.45) is 0. The molecule has 0 aliphatic carbocycles. The molecule has 2 bridgehead atoms. The molecular weight excluding hydrogens is 396 g/mol. The lowest BCUT2D eigenvalue weighted by Gasteiger charge is -2.27. The summed E-state index contributed by atoms with van der Waals surface area (Å²) in [5.41, 5.74) is 1.79. The quantitative estimate of drug-likeness (QED) is 0.839. The summed E-state index contributed by atoms with van der Waals surface area (Å²) in [5.74, 6) is -1.03. The number of nitrogens with zero attached hydrogens (tertiary/aromatic N) is 2. The maximum absolute atomic E-state index is 12.6. The Balaban J connectivity index is 1.64. The van der Waals surface area contributed by atoms with Crippen molar-refractivity contribution in [1.29, 1.82) is 0 Å². The number of hydroxylamine groups is 2. The van der Waals surface area contributed by atoms with Gasteiger partial charge in [-0.1, -0.05) is 30.3 Å². The van der Waals surface area contributed by atoms with Crippen LogP contribution in [0.25, 0.3) is 0 Å². The Morgan fingerprint density at radius 1 is 1.38 bits per heavy atom. The highest BCUT2D eigenvalue weighted by molar-refractivity contribution is 9.11. The molecule has 2 atom stereocenters. The molecule has 124 valence electrons. The van der Waals surface area contributed by atoms with E-state index < -0.39 is 18.0 Å². The Bertz CT molecular complexity index is 810. The van der Waals surface area contributed by atoms with Crippen LogP contribution in [-0.2, 0) is 16.2 Å². The maximum Gasteiger partial charge on any atom is 0.345 e. The van der Waals surface area contributed by atoms with Gasteiger partial charge in [0.2, 0.25) is 0 Å². The number of carbonyl (C=O) groups is 2. The van der Waals surface area contributed by atoms with E-state index in [4.69, 9.17) is 4.84 Å². The Hall–Kier alpha value is -1.90. The highest BCUT2D eigenvalue weighted by Gasteiger charge is 2.52. The second-order valence-corrected chi connectivity index (χ2v) is 8.11. The number of urea groups is 1. The van der Waals surface area contributed by atoms with E-state index in [1.54, 1.807) is 0 Å². The first-order valence-corrected chi connectivity index (χ1v) is 8.96. The third-order valence-electron chi connectivity index (χ3n) is 4.21. The van der Waals surface area contributed by atoms with Gasteiger partial charge in [0.1, 0.15) is 12.6 Å². The maximum atomic E-state index is 12.6. The van der Waals surface area contributed by atoms with E-state index in [1.807, 2.05) is 36.4 Å². The van der Waals surface area contributed by atoms with Crippen LogP contribution in [0.1, 0.15) is 28.1 Å². The number of fused-ring (bicyclic) bond motifs is 4. The molecule has 1 saturated heterocycles. The van der Waals surface area contributed by atoms with Gasteiger partial charge in [-0.15, -0.1) is 11.3 Å². The molecule has 8 heteroatoms. The molecule has 2 aromatic rings. The highest BCUT2D eigenvalue weighted by atomic mass is 79.9. The van der Waals surface area contributed by atoms with Crippen LogP contribution in [0.5, 0.6) is 0 Å². The van der Waals surface area contributed by atoms with E-state index in [9.17, 15) is 14.7 Å². The number of hydrogen-bond acceptors (Lipinski definition) is 4. The van der Waals surface area contributed by atoms with E-state index in [0.717, 1.165) is 14.9 Å². The van der Waals surface area contributed by atoms with E-state index >= 15 is 0 Å². The lowest BCUT2D eigenvalue weighted by atomic mass is 10.00. The first-order valence-electron chi connectivity index (χ1n) is 7.35. The van der Waals surface area contributed by atoms with Gasteiger partial charge in [0, 0.05) is 4.88 Å². The number of thiophene rings is 1. The van der Waals surface area contributed by atoms with Crippen molar-refractivity contribution in [3.63, 3.8) is 0 Å². The molecule has 0 saturated carbocycles. The fraction of sp³-hybridized carbons (Fsp3) is 0.250. The Morgan fingerprint density at radius 3 is 2.83 bits per heavy atom. The van der Waals surface area contributed by atoms with Crippen molar-refractivity contribution in [3.05, 3.63) is 56.2 Å². The van der Waals surface area contributed by atoms with Gasteiger partial charge in [-0.05, 0) is 33.1 Å². The minimum absolute atomic E-state index is 0.259. The zero-order valence-electron chi connectivity index (χ0n) is 12.4. The standard InChI is InChI=1S/C16H13BrN2O4S/c17-12-6-10-11-7-18(13(15(20)21)14(10)24-12)16(22)19(11)23-8-9-4-2-1-3-5-9/h1-6,11,13H,7-8H2,(H,20,21)/t11-,13-/m0/s1. The number of halogens is 1. The molecule has 6 nitrogen and oxygen atoms in total. The predicted octanol–water partition coefficient (Wildman–Crippen LogP) is 3.56. The lowest BCUT2D eigenvalue weighted by molar-refractivity contribution is -0.143. The van der Waals surface area contributed by atoms with Gasteiger partial charge in [0.15, 0.2) is 6.04 Å². The SMILES string of the molecule is O=C(O)[C@@H]1c2sc(Br)cc2[C@@H]2CN1C(=O)N2OCc1ccccc1. The Morgan fingerprint density at radius 2 is 2.12 bits per heavy atom. The number of rotatable bonds is 4. The molecule has 0 spiro atoms. The average molecular weight is 409 g/mol. The van der Waals surface area contributed by atoms with Gasteiger partial charge in [-0.2, -0.15) is 5.06 Å². The molecule has 1 N–H and O–H groups in total. The first-order chi connectivity index (χ1) is 11.6. The molecule has 3 heterocycles. The summed E-state index contributed by atoms with van der Waals surface area (Å²) in [7, 11) is 0. The largest absolute Gasteiger partial charge is 0.479 e. The van der Waals surface area contributed by atoms with Crippen molar-refractivity contribution in [3.8, 4) is 0 Å². The number of hydrogen-bond donors (Lipinski definition) is 1. The molecule has 0 radical (unpaired) electrons. The second kappa shape index (κ2) is 5.87. The number of carboxylic acid groups (broad SMARTS) is 1. The number of benzene rings is 1. The molecule has 4 rings (SSSR count). The number of carbonyl (C=O) groups excluding carboxylic acids is 1. The summed E-state index contributed by atoms with van der Waals surface area (Å²) < 4.78 is 0.850. The molecule has 1 aromatic carbocycles. The van der Waals surface area contributed by atoms with E-state index in [-0.39, 0.29) is 12.6 Å². The Labute approximate surface area is 150 Å². The molecule has 2 aliphatic heterocycles. The van der Waals surface area contributed by atoms with Gasteiger partial charge in [0.05, 0.1) is 10.3 Å². The fourth-order valence-electron chi connectivity index (χ4n) is 3.15. The summed E-state index contributed by atoms with van der Waals surface area (Å²) in [5, 5.41) is 10.9. The number of carboxylic acids is 1. The molecule has 1 aromatic heterocycles. The monoisotopic (exact) mass is 408 g/mol. The van der Waals surface area contributed by atoms with Crippen LogP contribution in [0.2, 0.25) is 0 Å². The van der Waals surface area contributed by atoms with Crippen LogP contribution in [0.3, 0.4) is 0 Å². The van der Waals surface area contributed by atoms with Crippen molar-refractivity contribution in [1.82, 2.24) is 9.96 Å². The van der Waals surface area contributed by atoms with Gasteiger partial charge >= 0.3 is 12.0 Å². The average Bonchev–Trinajstić information content (AvgIpc) is 3.07. The molecule has 2 amide bonds. The van der Waals surface area contributed by atoms with Crippen LogP contribution in [0.15, 0.2) is 40.2 Å². The van der Waals surface area contributed by atoms with Crippen molar-refractivity contribution >= 4 is 39.3 Å². The minimum Gasteiger partial charge on any atom is -0.479 e. The van der Waals surface area contributed by atoms with Crippen molar-refractivity contribution < 1.29 is 19.5 Å². The third-order valence-corrected chi connectivity index (χ3v) is 5.92. The van der Waals surface area contributed by atoms with Gasteiger partial charge < -0.3 is 10.0 Å². The molecular formula is C16H13BrN2O4S. The summed E-state index contributed by atoms with van der Waals surface area (Å²) >= 11 is 4.77. The van der Waals surface area contributed by atoms with E-state index in [1.165, 1.54) is 21.3 Å². The highest BCUT2D eigenvalue weighted by Crippen LogP contribution is 2.48. The van der Waals surface area contributed by atoms with Gasteiger partial charge in [-0.25, -0.2) is 9.59 Å². The molecule has 24 heavy (non-hydrogen) atoms. The van der Waals surface area contributed by atoms with Crippen molar-refractivity contribution in [2.75, 3.05) is 6.54 Å². The van der Waals surface area contributed by atoms with Crippen LogP contribution in [0, 0.1) is 0 Å². The number of aliphatic carboxylic acids is 1. The van der Waals surface area contributed by atoms with Crippen molar-refractivity contribution in [2.24, 2.45) is 0 Å². The first kappa shape index (κ1) is 15.6. The smallest absolute Gasteiger partial charge is 0.345 e. The van der Waals surface area contributed by atoms with Crippen LogP contribution >= 0.6 is 27.3 Å². The molecule has 2 aliphatic rings. The summed E-state index contributed by atoms with van der Waals surface area (Å²) in [4.78, 5) is 32.1.